The van der Waals surface area contributed by atoms with Gasteiger partial charge in [0, 0.05) is 45.4 Å². The summed E-state index contributed by atoms with van der Waals surface area (Å²) in [6, 6.07) is -0.725. The highest BCUT2D eigenvalue weighted by atomic mass is 16.7. The normalized spacial score (nSPS) is 11.9. The molecule has 15 heteroatoms. The molecule has 57 heavy (non-hydrogen) atoms. The topological polar surface area (TPSA) is 203 Å². The molecular formula is C42H80N4O11. The number of nitrogens with two attached hydrogens (primary N) is 1. The molecule has 0 unspecified atom stereocenters. The number of unbranched alkanes of at least 4 members (excludes halogenated alkanes) is 14. The van der Waals surface area contributed by atoms with Crippen LogP contribution in [0.3, 0.4) is 0 Å². The number of nitrogens with one attached hydrogen (secondary N) is 3. The first-order valence-corrected chi connectivity index (χ1v) is 21.7. The second-order valence-corrected chi connectivity index (χ2v) is 15.3. The number of hydrogen-bond acceptors (Lipinski definition) is 12. The zero-order valence-electron chi connectivity index (χ0n) is 36.1. The van der Waals surface area contributed by atoms with Gasteiger partial charge in [0.15, 0.2) is 0 Å². The van der Waals surface area contributed by atoms with Gasteiger partial charge in [-0.2, -0.15) is 5.90 Å². The van der Waals surface area contributed by atoms with Gasteiger partial charge in [-0.25, -0.2) is 4.79 Å². The number of carbonyl (C=O) groups excluding carboxylic acids is 5. The van der Waals surface area contributed by atoms with Crippen molar-refractivity contribution in [1.29, 1.82) is 0 Å². The standard InChI is InChI=1S/C42H80N4O11/c1-5-52-32-33-53-30-26-38(48)45-28-31-55-35-34-54-29-25-37(47)44-27-21-20-22-36(41(51)56-42(2,3)4)46-39(49)23-18-16-14-12-10-8-6-7-9-11-13-15-17-19-24-40(50)57-43/h36H,5-35,43H2,1-4H3,(H,44,47)(H,45,48)(H,46,49)/t36-/m0/s1. The summed E-state index contributed by atoms with van der Waals surface area (Å²) in [5, 5.41) is 8.53. The van der Waals surface area contributed by atoms with E-state index in [1.54, 1.807) is 20.8 Å². The van der Waals surface area contributed by atoms with Gasteiger partial charge < -0.3 is 44.5 Å². The van der Waals surface area contributed by atoms with Crippen LogP contribution in [-0.2, 0) is 52.5 Å². The zero-order valence-corrected chi connectivity index (χ0v) is 36.1. The van der Waals surface area contributed by atoms with Crippen molar-refractivity contribution in [3.63, 3.8) is 0 Å². The molecule has 0 fully saturated rings. The van der Waals surface area contributed by atoms with Gasteiger partial charge in [0.25, 0.3) is 0 Å². The van der Waals surface area contributed by atoms with Crippen LogP contribution >= 0.6 is 0 Å². The van der Waals surface area contributed by atoms with Crippen LogP contribution in [0.5, 0.6) is 0 Å². The second kappa shape index (κ2) is 38.7. The van der Waals surface area contributed by atoms with Crippen molar-refractivity contribution >= 4 is 29.7 Å². The fourth-order valence-corrected chi connectivity index (χ4v) is 5.78. The third-order valence-corrected chi connectivity index (χ3v) is 8.90. The van der Waals surface area contributed by atoms with Gasteiger partial charge in [0.1, 0.15) is 11.6 Å². The van der Waals surface area contributed by atoms with Crippen LogP contribution in [0.2, 0.25) is 0 Å². The van der Waals surface area contributed by atoms with Crippen LogP contribution in [0.25, 0.3) is 0 Å². The number of amides is 3. The van der Waals surface area contributed by atoms with Crippen LogP contribution in [0, 0.1) is 0 Å². The second-order valence-electron chi connectivity index (χ2n) is 15.3. The first-order valence-electron chi connectivity index (χ1n) is 21.7. The van der Waals surface area contributed by atoms with E-state index in [-0.39, 0.29) is 43.1 Å². The van der Waals surface area contributed by atoms with E-state index in [0.717, 1.165) is 38.5 Å². The molecule has 5 N–H and O–H groups in total. The Morgan fingerprint density at radius 3 is 1.46 bits per heavy atom. The van der Waals surface area contributed by atoms with Crippen molar-refractivity contribution in [3.8, 4) is 0 Å². The van der Waals surface area contributed by atoms with Gasteiger partial charge in [-0.1, -0.05) is 77.0 Å². The molecule has 15 nitrogen and oxygen atoms in total. The summed E-state index contributed by atoms with van der Waals surface area (Å²) in [5.74, 6) is 3.71. The smallest absolute Gasteiger partial charge is 0.329 e. The third kappa shape index (κ3) is 39.7. The molecule has 0 rings (SSSR count). The fourth-order valence-electron chi connectivity index (χ4n) is 5.78. The minimum absolute atomic E-state index is 0.0967. The molecule has 0 aliphatic rings. The first kappa shape index (κ1) is 54.2. The highest BCUT2D eigenvalue weighted by Gasteiger charge is 2.26. The molecule has 1 atom stereocenters. The lowest BCUT2D eigenvalue weighted by Crippen LogP contribution is -2.44. The van der Waals surface area contributed by atoms with Crippen LogP contribution in [0.1, 0.15) is 163 Å². The summed E-state index contributed by atoms with van der Waals surface area (Å²) in [6.45, 7) is 11.5. The Hall–Kier alpha value is -2.85. The van der Waals surface area contributed by atoms with E-state index in [1.165, 1.54) is 51.4 Å². The van der Waals surface area contributed by atoms with E-state index < -0.39 is 17.6 Å². The minimum Gasteiger partial charge on any atom is -0.458 e. The van der Waals surface area contributed by atoms with Gasteiger partial charge in [0.05, 0.1) is 46.2 Å². The quantitative estimate of drug-likeness (QED) is 0.0332. The molecule has 0 aromatic rings. The average molecular weight is 817 g/mol. The maximum Gasteiger partial charge on any atom is 0.329 e. The maximum atomic E-state index is 12.9. The Kier molecular flexibility index (Phi) is 36.7. The Labute approximate surface area is 343 Å². The van der Waals surface area contributed by atoms with E-state index in [2.05, 4.69) is 20.8 Å². The van der Waals surface area contributed by atoms with E-state index in [9.17, 15) is 24.0 Å². The van der Waals surface area contributed by atoms with Gasteiger partial charge in [0.2, 0.25) is 17.7 Å². The lowest BCUT2D eigenvalue weighted by molar-refractivity contribution is -0.159. The zero-order chi connectivity index (χ0) is 42.2. The van der Waals surface area contributed by atoms with Gasteiger partial charge >= 0.3 is 11.9 Å². The monoisotopic (exact) mass is 817 g/mol. The van der Waals surface area contributed by atoms with Crippen LogP contribution in [0.15, 0.2) is 0 Å². The van der Waals surface area contributed by atoms with Gasteiger partial charge in [-0.15, -0.1) is 0 Å². The SMILES string of the molecule is CCOCCOCCC(=O)NCCOCCOCCC(=O)NCCCC[C@H](NC(=O)CCCCCCCCCCCCCCCCC(=O)ON)C(=O)OC(C)(C)C. The molecule has 334 valence electrons. The van der Waals surface area contributed by atoms with E-state index in [1.807, 2.05) is 6.92 Å². The lowest BCUT2D eigenvalue weighted by atomic mass is 10.0. The molecule has 0 saturated carbocycles. The summed E-state index contributed by atoms with van der Waals surface area (Å²) in [7, 11) is 0. The molecule has 0 aliphatic carbocycles. The molecule has 0 bridgehead atoms. The van der Waals surface area contributed by atoms with E-state index in [4.69, 9.17) is 29.6 Å². The number of carbonyl (C=O) groups is 5. The number of ether oxygens (including phenoxy) is 5. The van der Waals surface area contributed by atoms with Crippen molar-refractivity contribution < 1.29 is 52.5 Å². The van der Waals surface area contributed by atoms with Crippen molar-refractivity contribution in [2.75, 3.05) is 65.9 Å². The molecule has 0 spiro atoms. The maximum absolute atomic E-state index is 12.9. The molecule has 0 radical (unpaired) electrons. The number of hydrogen-bond donors (Lipinski definition) is 4. The van der Waals surface area contributed by atoms with Gasteiger partial charge in [-0.3, -0.25) is 19.2 Å². The minimum atomic E-state index is -0.725. The predicted octanol–water partition coefficient (Wildman–Crippen LogP) is 5.74. The van der Waals surface area contributed by atoms with Crippen molar-refractivity contribution in [3.05, 3.63) is 0 Å². The summed E-state index contributed by atoms with van der Waals surface area (Å²) < 4.78 is 27.0. The molecule has 0 aromatic carbocycles. The van der Waals surface area contributed by atoms with Crippen LogP contribution < -0.4 is 21.8 Å². The predicted molar refractivity (Wildman–Crippen MR) is 220 cm³/mol. The largest absolute Gasteiger partial charge is 0.458 e. The van der Waals surface area contributed by atoms with Crippen LogP contribution in [-0.4, -0.2) is 107 Å². The lowest BCUT2D eigenvalue weighted by Gasteiger charge is -2.24. The summed E-state index contributed by atoms with van der Waals surface area (Å²) in [6.07, 6.45) is 18.8. The third-order valence-electron chi connectivity index (χ3n) is 8.90. The van der Waals surface area contributed by atoms with Crippen molar-refractivity contribution in [1.82, 2.24) is 16.0 Å². The molecule has 0 aliphatic heterocycles. The Bertz CT molecular complexity index is 1030. The number of rotatable bonds is 40. The number of esters is 1. The van der Waals surface area contributed by atoms with Crippen molar-refractivity contribution in [2.24, 2.45) is 5.90 Å². The van der Waals surface area contributed by atoms with Gasteiger partial charge in [-0.05, 0) is 59.8 Å². The van der Waals surface area contributed by atoms with E-state index >= 15 is 0 Å². The van der Waals surface area contributed by atoms with Crippen LogP contribution in [0.4, 0.5) is 0 Å². The highest BCUT2D eigenvalue weighted by Crippen LogP contribution is 2.15. The summed E-state index contributed by atoms with van der Waals surface area (Å²) in [4.78, 5) is 64.8. The average Bonchev–Trinajstić information content (AvgIpc) is 3.16. The highest BCUT2D eigenvalue weighted by molar-refractivity contribution is 5.84. The summed E-state index contributed by atoms with van der Waals surface area (Å²) in [5.41, 5.74) is -0.662. The Morgan fingerprint density at radius 2 is 0.965 bits per heavy atom. The first-order chi connectivity index (χ1) is 27.5. The molecular weight excluding hydrogens is 736 g/mol. The molecule has 0 heterocycles. The van der Waals surface area contributed by atoms with E-state index in [0.29, 0.717) is 91.4 Å². The Balaban J connectivity index is 3.95. The summed E-state index contributed by atoms with van der Waals surface area (Å²) >= 11 is 0. The molecule has 3 amide bonds. The molecule has 0 aromatic heterocycles. The molecule has 0 saturated heterocycles. The Morgan fingerprint density at radius 1 is 0.509 bits per heavy atom. The fraction of sp³-hybridized carbons (Fsp3) is 0.881. The van der Waals surface area contributed by atoms with Crippen molar-refractivity contribution in [2.45, 2.75) is 174 Å².